The molecule has 0 aliphatic heterocycles. The van der Waals surface area contributed by atoms with Crippen LogP contribution >= 0.6 is 23.4 Å². The molecule has 0 saturated heterocycles. The van der Waals surface area contributed by atoms with Gasteiger partial charge in [-0.15, -0.1) is 0 Å². The molecule has 1 heterocycles. The van der Waals surface area contributed by atoms with E-state index in [1.54, 1.807) is 19.2 Å². The lowest BCUT2D eigenvalue weighted by Gasteiger charge is -2.04. The summed E-state index contributed by atoms with van der Waals surface area (Å²) in [5.74, 6) is 0.787. The molecule has 0 amide bonds. The normalized spacial score (nSPS) is 9.83. The summed E-state index contributed by atoms with van der Waals surface area (Å²) in [5, 5.41) is 9.96. The van der Waals surface area contributed by atoms with E-state index in [0.29, 0.717) is 5.02 Å². The highest BCUT2D eigenvalue weighted by Gasteiger charge is 2.05. The molecule has 0 aliphatic rings. The number of halogens is 1. The van der Waals surface area contributed by atoms with Crippen LogP contribution in [-0.4, -0.2) is 12.1 Å². The molecule has 0 aliphatic carbocycles. The Morgan fingerprint density at radius 3 is 2.89 bits per heavy atom. The average Bonchev–Trinajstić information content (AvgIpc) is 2.41. The SMILES string of the molecule is COc1cccc(Sc2ccc(Cl)c(C#N)n2)c1. The van der Waals surface area contributed by atoms with Gasteiger partial charge in [-0.25, -0.2) is 4.98 Å². The monoisotopic (exact) mass is 276 g/mol. The number of nitriles is 1. The lowest BCUT2D eigenvalue weighted by molar-refractivity contribution is 0.413. The van der Waals surface area contributed by atoms with Crippen LogP contribution < -0.4 is 4.74 Å². The van der Waals surface area contributed by atoms with Crippen LogP contribution in [0.2, 0.25) is 5.02 Å². The van der Waals surface area contributed by atoms with E-state index in [9.17, 15) is 0 Å². The highest BCUT2D eigenvalue weighted by molar-refractivity contribution is 7.99. The van der Waals surface area contributed by atoms with Crippen LogP contribution in [-0.2, 0) is 0 Å². The molecule has 3 nitrogen and oxygen atoms in total. The van der Waals surface area contributed by atoms with Crippen molar-refractivity contribution in [3.05, 3.63) is 47.1 Å². The molecule has 0 N–H and O–H groups in total. The molecule has 2 rings (SSSR count). The molecule has 1 aromatic carbocycles. The molecule has 0 radical (unpaired) electrons. The minimum atomic E-state index is 0.240. The van der Waals surface area contributed by atoms with Crippen LogP contribution in [0.5, 0.6) is 5.75 Å². The van der Waals surface area contributed by atoms with Crippen LogP contribution in [0.3, 0.4) is 0 Å². The fourth-order valence-corrected chi connectivity index (χ4v) is 2.33. The molecule has 0 unspecified atom stereocenters. The highest BCUT2D eigenvalue weighted by Crippen LogP contribution is 2.29. The number of hydrogen-bond acceptors (Lipinski definition) is 4. The summed E-state index contributed by atoms with van der Waals surface area (Å²) in [6, 6.07) is 13.1. The van der Waals surface area contributed by atoms with Gasteiger partial charge in [0, 0.05) is 4.90 Å². The van der Waals surface area contributed by atoms with Gasteiger partial charge in [0.15, 0.2) is 5.69 Å². The van der Waals surface area contributed by atoms with Crippen molar-refractivity contribution in [1.29, 1.82) is 5.26 Å². The molecule has 0 saturated carbocycles. The smallest absolute Gasteiger partial charge is 0.160 e. The second kappa shape index (κ2) is 5.76. The predicted octanol–water partition coefficient (Wildman–Crippen LogP) is 3.77. The van der Waals surface area contributed by atoms with Gasteiger partial charge < -0.3 is 4.74 Å². The topological polar surface area (TPSA) is 45.9 Å². The zero-order chi connectivity index (χ0) is 13.0. The summed E-state index contributed by atoms with van der Waals surface area (Å²) in [6.07, 6.45) is 0. The number of methoxy groups -OCH3 is 1. The van der Waals surface area contributed by atoms with Crippen molar-refractivity contribution in [1.82, 2.24) is 4.98 Å². The highest BCUT2D eigenvalue weighted by atomic mass is 35.5. The number of nitrogens with zero attached hydrogens (tertiary/aromatic N) is 2. The van der Waals surface area contributed by atoms with Crippen molar-refractivity contribution < 1.29 is 4.74 Å². The number of aromatic nitrogens is 1. The number of ether oxygens (including phenoxy) is 1. The van der Waals surface area contributed by atoms with Gasteiger partial charge in [0.1, 0.15) is 16.8 Å². The van der Waals surface area contributed by atoms with Crippen molar-refractivity contribution in [3.8, 4) is 11.8 Å². The van der Waals surface area contributed by atoms with Crippen molar-refractivity contribution in [2.24, 2.45) is 0 Å². The Labute approximate surface area is 114 Å². The minimum Gasteiger partial charge on any atom is -0.497 e. The summed E-state index contributed by atoms with van der Waals surface area (Å²) in [5.41, 5.74) is 0.240. The Bertz CT molecular complexity index is 610. The maximum atomic E-state index is 8.86. The first-order valence-corrected chi connectivity index (χ1v) is 6.31. The maximum Gasteiger partial charge on any atom is 0.160 e. The number of pyridine rings is 1. The second-order valence-electron chi connectivity index (χ2n) is 3.37. The summed E-state index contributed by atoms with van der Waals surface area (Å²) in [7, 11) is 1.62. The third-order valence-electron chi connectivity index (χ3n) is 2.19. The Kier molecular flexibility index (Phi) is 4.08. The summed E-state index contributed by atoms with van der Waals surface area (Å²) in [6.45, 7) is 0. The molecule has 18 heavy (non-hydrogen) atoms. The Morgan fingerprint density at radius 2 is 2.17 bits per heavy atom. The molecule has 0 spiro atoms. The largest absolute Gasteiger partial charge is 0.497 e. The number of benzene rings is 1. The van der Waals surface area contributed by atoms with Gasteiger partial charge in [-0.2, -0.15) is 5.26 Å². The van der Waals surface area contributed by atoms with E-state index in [4.69, 9.17) is 21.6 Å². The lowest BCUT2D eigenvalue weighted by Crippen LogP contribution is -1.87. The molecule has 0 atom stereocenters. The average molecular weight is 277 g/mol. The molecule has 2 aromatic rings. The van der Waals surface area contributed by atoms with Gasteiger partial charge in [-0.05, 0) is 30.3 Å². The van der Waals surface area contributed by atoms with E-state index in [1.165, 1.54) is 11.8 Å². The second-order valence-corrected chi connectivity index (χ2v) is 4.87. The van der Waals surface area contributed by atoms with Gasteiger partial charge >= 0.3 is 0 Å². The number of hydrogen-bond donors (Lipinski definition) is 0. The van der Waals surface area contributed by atoms with Crippen LogP contribution in [0.1, 0.15) is 5.69 Å². The van der Waals surface area contributed by atoms with Crippen LogP contribution in [0.15, 0.2) is 46.3 Å². The van der Waals surface area contributed by atoms with E-state index in [1.807, 2.05) is 30.3 Å². The van der Waals surface area contributed by atoms with Crippen LogP contribution in [0, 0.1) is 11.3 Å². The predicted molar refractivity (Wildman–Crippen MR) is 71.1 cm³/mol. The van der Waals surface area contributed by atoms with Gasteiger partial charge in [0.2, 0.25) is 0 Å². The van der Waals surface area contributed by atoms with Gasteiger partial charge in [-0.3, -0.25) is 0 Å². The zero-order valence-electron chi connectivity index (χ0n) is 9.55. The molecule has 0 fully saturated rings. The molecular formula is C13H9ClN2OS. The first kappa shape index (κ1) is 12.7. The zero-order valence-corrected chi connectivity index (χ0v) is 11.1. The quantitative estimate of drug-likeness (QED) is 0.856. The third kappa shape index (κ3) is 2.95. The first-order chi connectivity index (χ1) is 8.72. The maximum absolute atomic E-state index is 8.86. The fourth-order valence-electron chi connectivity index (χ4n) is 1.34. The van der Waals surface area contributed by atoms with E-state index < -0.39 is 0 Å². The standard InChI is InChI=1S/C13H9ClN2OS/c1-17-9-3-2-4-10(7-9)18-13-6-5-11(14)12(8-15)16-13/h2-7H,1H3. The summed E-state index contributed by atoms with van der Waals surface area (Å²) >= 11 is 7.29. The Hall–Kier alpha value is -1.70. The van der Waals surface area contributed by atoms with E-state index >= 15 is 0 Å². The molecule has 5 heteroatoms. The van der Waals surface area contributed by atoms with Gasteiger partial charge in [-0.1, -0.05) is 29.4 Å². The Balaban J connectivity index is 2.26. The van der Waals surface area contributed by atoms with E-state index in [2.05, 4.69) is 4.98 Å². The molecule has 90 valence electrons. The molecular weight excluding hydrogens is 268 g/mol. The summed E-state index contributed by atoms with van der Waals surface area (Å²) < 4.78 is 5.15. The molecule has 0 bridgehead atoms. The van der Waals surface area contributed by atoms with Crippen LogP contribution in [0.25, 0.3) is 0 Å². The molecule has 1 aromatic heterocycles. The van der Waals surface area contributed by atoms with Gasteiger partial charge in [0.05, 0.1) is 12.1 Å². The lowest BCUT2D eigenvalue weighted by atomic mass is 10.3. The van der Waals surface area contributed by atoms with Crippen molar-refractivity contribution in [2.75, 3.05) is 7.11 Å². The van der Waals surface area contributed by atoms with Gasteiger partial charge in [0.25, 0.3) is 0 Å². The minimum absolute atomic E-state index is 0.240. The first-order valence-electron chi connectivity index (χ1n) is 5.11. The third-order valence-corrected chi connectivity index (χ3v) is 3.42. The Morgan fingerprint density at radius 1 is 1.33 bits per heavy atom. The van der Waals surface area contributed by atoms with Crippen molar-refractivity contribution >= 4 is 23.4 Å². The summed E-state index contributed by atoms with van der Waals surface area (Å²) in [4.78, 5) is 5.16. The van der Waals surface area contributed by atoms with Crippen molar-refractivity contribution in [2.45, 2.75) is 9.92 Å². The van der Waals surface area contributed by atoms with E-state index in [-0.39, 0.29) is 5.69 Å². The fraction of sp³-hybridized carbons (Fsp3) is 0.0769. The number of rotatable bonds is 3. The van der Waals surface area contributed by atoms with E-state index in [0.717, 1.165) is 15.7 Å². The van der Waals surface area contributed by atoms with Crippen molar-refractivity contribution in [3.63, 3.8) is 0 Å². The van der Waals surface area contributed by atoms with Crippen LogP contribution in [0.4, 0.5) is 0 Å².